The van der Waals surface area contributed by atoms with Gasteiger partial charge in [-0.15, -0.1) is 0 Å². The fourth-order valence-electron chi connectivity index (χ4n) is 0.789. The van der Waals surface area contributed by atoms with E-state index in [1.807, 2.05) is 0 Å². The standard InChI is InChI=1S/C8H16N2O2S2/c1-5(14)7(11)9-6(4-13)8(12)10(2)3/h5-6,13-14H,4H2,1-3H3,(H,9,11). The number of nitrogens with one attached hydrogen (secondary N) is 1. The van der Waals surface area contributed by atoms with Gasteiger partial charge in [0.2, 0.25) is 11.8 Å². The van der Waals surface area contributed by atoms with Crippen LogP contribution in [0.5, 0.6) is 0 Å². The highest BCUT2D eigenvalue weighted by molar-refractivity contribution is 7.81. The second kappa shape index (κ2) is 6.19. The van der Waals surface area contributed by atoms with E-state index in [-0.39, 0.29) is 17.6 Å². The van der Waals surface area contributed by atoms with Gasteiger partial charge in [0, 0.05) is 19.8 Å². The van der Waals surface area contributed by atoms with Crippen molar-refractivity contribution in [3.63, 3.8) is 0 Å². The highest BCUT2D eigenvalue weighted by Gasteiger charge is 2.21. The zero-order valence-electron chi connectivity index (χ0n) is 8.52. The number of likely N-dealkylation sites (N-methyl/N-ethyl adjacent to an activating group) is 1. The van der Waals surface area contributed by atoms with Crippen LogP contribution in [0, 0.1) is 0 Å². The van der Waals surface area contributed by atoms with E-state index in [9.17, 15) is 9.59 Å². The molecule has 0 spiro atoms. The van der Waals surface area contributed by atoms with Crippen molar-refractivity contribution in [3.05, 3.63) is 0 Å². The van der Waals surface area contributed by atoms with Gasteiger partial charge in [-0.1, -0.05) is 0 Å². The fourth-order valence-corrected chi connectivity index (χ4v) is 1.11. The Kier molecular flexibility index (Phi) is 6.03. The van der Waals surface area contributed by atoms with Crippen LogP contribution in [0.2, 0.25) is 0 Å². The molecule has 0 heterocycles. The number of carbonyl (C=O) groups excluding carboxylic acids is 2. The molecule has 82 valence electrons. The number of rotatable bonds is 4. The van der Waals surface area contributed by atoms with Crippen molar-refractivity contribution in [3.8, 4) is 0 Å². The Balaban J connectivity index is 4.30. The Morgan fingerprint density at radius 3 is 2.21 bits per heavy atom. The average molecular weight is 236 g/mol. The van der Waals surface area contributed by atoms with Gasteiger partial charge in [0.15, 0.2) is 0 Å². The molecule has 0 saturated carbocycles. The van der Waals surface area contributed by atoms with Gasteiger partial charge in [0.25, 0.3) is 0 Å². The van der Waals surface area contributed by atoms with E-state index in [0.717, 1.165) is 0 Å². The summed E-state index contributed by atoms with van der Waals surface area (Å²) < 4.78 is 0. The molecule has 2 atom stereocenters. The molecule has 0 saturated heterocycles. The molecule has 0 aromatic carbocycles. The maximum atomic E-state index is 11.5. The van der Waals surface area contributed by atoms with Gasteiger partial charge < -0.3 is 10.2 Å². The van der Waals surface area contributed by atoms with Gasteiger partial charge in [-0.25, -0.2) is 0 Å². The first-order valence-electron chi connectivity index (χ1n) is 4.20. The third kappa shape index (κ3) is 4.23. The number of carbonyl (C=O) groups is 2. The summed E-state index contributed by atoms with van der Waals surface area (Å²) in [6.45, 7) is 1.65. The molecule has 1 N–H and O–H groups in total. The maximum absolute atomic E-state index is 11.5. The van der Waals surface area contributed by atoms with Gasteiger partial charge in [-0.3, -0.25) is 9.59 Å². The zero-order chi connectivity index (χ0) is 11.3. The minimum Gasteiger partial charge on any atom is -0.347 e. The van der Waals surface area contributed by atoms with Gasteiger partial charge in [-0.2, -0.15) is 25.3 Å². The van der Waals surface area contributed by atoms with E-state index >= 15 is 0 Å². The summed E-state index contributed by atoms with van der Waals surface area (Å²) in [5.41, 5.74) is 0. The minimum absolute atomic E-state index is 0.165. The third-order valence-corrected chi connectivity index (χ3v) is 2.22. The highest BCUT2D eigenvalue weighted by Crippen LogP contribution is 1.97. The molecule has 0 aromatic rings. The van der Waals surface area contributed by atoms with E-state index in [0.29, 0.717) is 0 Å². The second-order valence-electron chi connectivity index (χ2n) is 3.15. The Hall–Kier alpha value is -0.360. The molecule has 6 heteroatoms. The van der Waals surface area contributed by atoms with E-state index < -0.39 is 11.3 Å². The first-order chi connectivity index (χ1) is 6.40. The topological polar surface area (TPSA) is 49.4 Å². The molecule has 2 unspecified atom stereocenters. The predicted octanol–water partition coefficient (Wildman–Crippen LogP) is -0.193. The molecule has 0 rings (SSSR count). The number of hydrogen-bond donors (Lipinski definition) is 3. The van der Waals surface area contributed by atoms with E-state index in [1.165, 1.54) is 4.90 Å². The number of amides is 2. The van der Waals surface area contributed by atoms with Crippen LogP contribution in [0.3, 0.4) is 0 Å². The van der Waals surface area contributed by atoms with Crippen molar-refractivity contribution >= 4 is 37.1 Å². The summed E-state index contributed by atoms with van der Waals surface area (Å²) in [5, 5.41) is 2.14. The summed E-state index contributed by atoms with van der Waals surface area (Å²) in [6, 6.07) is -0.574. The molecular weight excluding hydrogens is 220 g/mol. The maximum Gasteiger partial charge on any atom is 0.245 e. The Morgan fingerprint density at radius 2 is 1.93 bits per heavy atom. The van der Waals surface area contributed by atoms with Gasteiger partial charge in [0.05, 0.1) is 5.25 Å². The van der Waals surface area contributed by atoms with Gasteiger partial charge in [-0.05, 0) is 6.92 Å². The first kappa shape index (κ1) is 13.6. The van der Waals surface area contributed by atoms with Crippen molar-refractivity contribution in [2.24, 2.45) is 0 Å². The summed E-state index contributed by atoms with van der Waals surface area (Å²) in [6.07, 6.45) is 0. The fraction of sp³-hybridized carbons (Fsp3) is 0.750. The molecule has 0 aliphatic heterocycles. The quantitative estimate of drug-likeness (QED) is 0.593. The summed E-state index contributed by atoms with van der Waals surface area (Å²) >= 11 is 7.97. The Labute approximate surface area is 95.2 Å². The van der Waals surface area contributed by atoms with E-state index in [1.54, 1.807) is 21.0 Å². The first-order valence-corrected chi connectivity index (χ1v) is 5.35. The van der Waals surface area contributed by atoms with Gasteiger partial charge >= 0.3 is 0 Å². The molecule has 0 radical (unpaired) electrons. The molecule has 0 fully saturated rings. The van der Waals surface area contributed by atoms with Gasteiger partial charge in [0.1, 0.15) is 6.04 Å². The molecule has 2 amide bonds. The normalized spacial score (nSPS) is 14.4. The lowest BCUT2D eigenvalue weighted by atomic mass is 10.3. The van der Waals surface area contributed by atoms with Crippen LogP contribution in [0.1, 0.15) is 6.92 Å². The smallest absolute Gasteiger partial charge is 0.245 e. The third-order valence-electron chi connectivity index (χ3n) is 1.62. The molecule has 14 heavy (non-hydrogen) atoms. The minimum atomic E-state index is -0.574. The summed E-state index contributed by atoms with van der Waals surface area (Å²) in [4.78, 5) is 24.1. The molecule has 0 aliphatic carbocycles. The lowest BCUT2D eigenvalue weighted by Crippen LogP contribution is -2.49. The van der Waals surface area contributed by atoms with Crippen molar-refractivity contribution < 1.29 is 9.59 Å². The SMILES string of the molecule is CC(S)C(=O)NC(CS)C(=O)N(C)C. The van der Waals surface area contributed by atoms with Crippen LogP contribution in [-0.4, -0.2) is 47.9 Å². The van der Waals surface area contributed by atoms with E-state index in [4.69, 9.17) is 0 Å². The van der Waals surface area contributed by atoms with Crippen molar-refractivity contribution in [2.75, 3.05) is 19.8 Å². The average Bonchev–Trinajstić information content (AvgIpc) is 2.12. The largest absolute Gasteiger partial charge is 0.347 e. The lowest BCUT2D eigenvalue weighted by Gasteiger charge is -2.20. The number of thiol groups is 2. The monoisotopic (exact) mass is 236 g/mol. The lowest BCUT2D eigenvalue weighted by molar-refractivity contribution is -0.133. The van der Waals surface area contributed by atoms with Crippen LogP contribution in [0.4, 0.5) is 0 Å². The molecular formula is C8H16N2O2S2. The van der Waals surface area contributed by atoms with Crippen LogP contribution in [-0.2, 0) is 9.59 Å². The van der Waals surface area contributed by atoms with Crippen molar-refractivity contribution in [2.45, 2.75) is 18.2 Å². The highest BCUT2D eigenvalue weighted by atomic mass is 32.1. The molecule has 4 nitrogen and oxygen atoms in total. The summed E-state index contributed by atoms with van der Waals surface area (Å²) in [5.74, 6) is -0.145. The summed E-state index contributed by atoms with van der Waals surface area (Å²) in [7, 11) is 3.27. The van der Waals surface area contributed by atoms with Crippen molar-refractivity contribution in [1.29, 1.82) is 0 Å². The number of nitrogens with zero attached hydrogens (tertiary/aromatic N) is 1. The van der Waals surface area contributed by atoms with Crippen LogP contribution in [0.25, 0.3) is 0 Å². The second-order valence-corrected chi connectivity index (χ2v) is 4.29. The Bertz CT molecular complexity index is 219. The molecule has 0 bridgehead atoms. The van der Waals surface area contributed by atoms with E-state index in [2.05, 4.69) is 30.6 Å². The Morgan fingerprint density at radius 1 is 1.43 bits per heavy atom. The molecule has 0 aliphatic rings. The van der Waals surface area contributed by atoms with Crippen LogP contribution >= 0.6 is 25.3 Å². The van der Waals surface area contributed by atoms with Crippen LogP contribution in [0.15, 0.2) is 0 Å². The number of hydrogen-bond acceptors (Lipinski definition) is 4. The predicted molar refractivity (Wildman–Crippen MR) is 62.9 cm³/mol. The van der Waals surface area contributed by atoms with Crippen molar-refractivity contribution in [1.82, 2.24) is 10.2 Å². The zero-order valence-corrected chi connectivity index (χ0v) is 10.3. The molecule has 0 aromatic heterocycles. The van der Waals surface area contributed by atoms with Crippen LogP contribution < -0.4 is 5.32 Å².